The molecule has 0 aromatic heterocycles. The highest BCUT2D eigenvalue weighted by atomic mass is 16.5. The Labute approximate surface area is 137 Å². The molecule has 0 saturated heterocycles. The first kappa shape index (κ1) is 16.9. The Morgan fingerprint density at radius 2 is 1.91 bits per heavy atom. The highest BCUT2D eigenvalue weighted by molar-refractivity contribution is 5.95. The van der Waals surface area contributed by atoms with Gasteiger partial charge in [0.1, 0.15) is 0 Å². The number of hydrogen-bond donors (Lipinski definition) is 1. The molecule has 0 fully saturated rings. The molecule has 0 heterocycles. The summed E-state index contributed by atoms with van der Waals surface area (Å²) in [6.45, 7) is 6.43. The van der Waals surface area contributed by atoms with E-state index in [-0.39, 0.29) is 11.9 Å². The van der Waals surface area contributed by atoms with Crippen molar-refractivity contribution in [2.24, 2.45) is 0 Å². The van der Waals surface area contributed by atoms with Crippen molar-refractivity contribution in [1.29, 1.82) is 0 Å². The van der Waals surface area contributed by atoms with Crippen LogP contribution in [0.4, 0.5) is 0 Å². The number of carbonyl (C=O) groups is 1. The summed E-state index contributed by atoms with van der Waals surface area (Å²) in [6.07, 6.45) is 0. The van der Waals surface area contributed by atoms with Crippen molar-refractivity contribution < 1.29 is 14.3 Å². The smallest absolute Gasteiger partial charge is 0.251 e. The van der Waals surface area contributed by atoms with Crippen molar-refractivity contribution in [2.75, 3.05) is 13.7 Å². The second-order valence-electron chi connectivity index (χ2n) is 5.35. The van der Waals surface area contributed by atoms with Gasteiger partial charge >= 0.3 is 0 Å². The van der Waals surface area contributed by atoms with Crippen molar-refractivity contribution in [1.82, 2.24) is 5.32 Å². The van der Waals surface area contributed by atoms with Crippen molar-refractivity contribution in [3.8, 4) is 11.5 Å². The first-order valence-corrected chi connectivity index (χ1v) is 7.74. The summed E-state index contributed by atoms with van der Waals surface area (Å²) in [4.78, 5) is 12.5. The van der Waals surface area contributed by atoms with Gasteiger partial charge in [-0.15, -0.1) is 0 Å². The molecule has 4 heteroatoms. The molecule has 0 saturated carbocycles. The SMILES string of the molecule is CCOc1cc(C(=O)NC(C)c2ccccc2C)ccc1OC. The Morgan fingerprint density at radius 1 is 1.17 bits per heavy atom. The molecule has 23 heavy (non-hydrogen) atoms. The molecule has 1 amide bonds. The molecule has 0 aliphatic rings. The number of aryl methyl sites for hydroxylation is 1. The standard InChI is InChI=1S/C19H23NO3/c1-5-23-18-12-15(10-11-17(18)22-4)19(21)20-14(3)16-9-7-6-8-13(16)2/h6-12,14H,5H2,1-4H3,(H,20,21). The van der Waals surface area contributed by atoms with Crippen LogP contribution in [0.5, 0.6) is 11.5 Å². The third-order valence-corrected chi connectivity index (χ3v) is 3.73. The van der Waals surface area contributed by atoms with Gasteiger partial charge in [-0.2, -0.15) is 0 Å². The topological polar surface area (TPSA) is 47.6 Å². The van der Waals surface area contributed by atoms with E-state index in [4.69, 9.17) is 9.47 Å². The molecule has 1 atom stereocenters. The minimum atomic E-state index is -0.135. The van der Waals surface area contributed by atoms with Gasteiger partial charge in [-0.25, -0.2) is 0 Å². The van der Waals surface area contributed by atoms with Crippen LogP contribution in [0.3, 0.4) is 0 Å². The van der Waals surface area contributed by atoms with Gasteiger partial charge in [0, 0.05) is 5.56 Å². The lowest BCUT2D eigenvalue weighted by Crippen LogP contribution is -2.27. The summed E-state index contributed by atoms with van der Waals surface area (Å²) in [5, 5.41) is 3.02. The molecular formula is C19H23NO3. The first-order valence-electron chi connectivity index (χ1n) is 7.74. The molecule has 2 rings (SSSR count). The van der Waals surface area contributed by atoms with Crippen LogP contribution in [0.1, 0.15) is 41.4 Å². The van der Waals surface area contributed by atoms with Crippen LogP contribution in [0.25, 0.3) is 0 Å². The zero-order valence-corrected chi connectivity index (χ0v) is 14.1. The number of methoxy groups -OCH3 is 1. The minimum Gasteiger partial charge on any atom is -0.493 e. The average Bonchev–Trinajstić information content (AvgIpc) is 2.55. The highest BCUT2D eigenvalue weighted by Gasteiger charge is 2.15. The van der Waals surface area contributed by atoms with E-state index in [0.717, 1.165) is 11.1 Å². The molecule has 0 aliphatic heterocycles. The molecular weight excluding hydrogens is 290 g/mol. The zero-order chi connectivity index (χ0) is 16.8. The summed E-state index contributed by atoms with van der Waals surface area (Å²) in [6, 6.07) is 13.2. The largest absolute Gasteiger partial charge is 0.493 e. The molecule has 1 N–H and O–H groups in total. The Morgan fingerprint density at radius 3 is 2.57 bits per heavy atom. The van der Waals surface area contributed by atoms with Gasteiger partial charge in [0.2, 0.25) is 0 Å². The van der Waals surface area contributed by atoms with E-state index in [1.54, 1.807) is 25.3 Å². The van der Waals surface area contributed by atoms with Crippen molar-refractivity contribution in [3.63, 3.8) is 0 Å². The highest BCUT2D eigenvalue weighted by Crippen LogP contribution is 2.28. The number of nitrogens with one attached hydrogen (secondary N) is 1. The molecule has 122 valence electrons. The molecule has 1 unspecified atom stereocenters. The Kier molecular flexibility index (Phi) is 5.63. The molecule has 0 radical (unpaired) electrons. The number of benzene rings is 2. The van der Waals surface area contributed by atoms with Crippen LogP contribution in [0.2, 0.25) is 0 Å². The van der Waals surface area contributed by atoms with Crippen LogP contribution >= 0.6 is 0 Å². The molecule has 0 spiro atoms. The molecule has 4 nitrogen and oxygen atoms in total. The van der Waals surface area contributed by atoms with E-state index >= 15 is 0 Å². The fourth-order valence-corrected chi connectivity index (χ4v) is 2.52. The Bertz CT molecular complexity index is 682. The predicted molar refractivity (Wildman–Crippen MR) is 91.2 cm³/mol. The van der Waals surface area contributed by atoms with Crippen molar-refractivity contribution in [2.45, 2.75) is 26.8 Å². The maximum atomic E-state index is 12.5. The van der Waals surface area contributed by atoms with Crippen LogP contribution in [0, 0.1) is 6.92 Å². The van der Waals surface area contributed by atoms with Gasteiger partial charge in [-0.1, -0.05) is 24.3 Å². The van der Waals surface area contributed by atoms with Crippen molar-refractivity contribution in [3.05, 3.63) is 59.2 Å². The lowest BCUT2D eigenvalue weighted by Gasteiger charge is -2.17. The zero-order valence-electron chi connectivity index (χ0n) is 14.1. The number of carbonyl (C=O) groups excluding carboxylic acids is 1. The van der Waals surface area contributed by atoms with E-state index in [2.05, 4.69) is 5.32 Å². The summed E-state index contributed by atoms with van der Waals surface area (Å²) in [5.74, 6) is 1.06. The lowest BCUT2D eigenvalue weighted by molar-refractivity contribution is 0.0939. The van der Waals surface area contributed by atoms with E-state index in [0.29, 0.717) is 23.7 Å². The minimum absolute atomic E-state index is 0.0682. The summed E-state index contributed by atoms with van der Waals surface area (Å²) in [7, 11) is 1.58. The number of hydrogen-bond acceptors (Lipinski definition) is 3. The van der Waals surface area contributed by atoms with Gasteiger partial charge in [0.25, 0.3) is 5.91 Å². The van der Waals surface area contributed by atoms with Gasteiger partial charge in [-0.3, -0.25) is 4.79 Å². The van der Waals surface area contributed by atoms with Gasteiger partial charge in [-0.05, 0) is 50.1 Å². The Hall–Kier alpha value is -2.49. The quantitative estimate of drug-likeness (QED) is 0.880. The number of amides is 1. The number of rotatable bonds is 6. The van der Waals surface area contributed by atoms with Crippen LogP contribution in [-0.4, -0.2) is 19.6 Å². The van der Waals surface area contributed by atoms with Gasteiger partial charge in [0.05, 0.1) is 19.8 Å². The van der Waals surface area contributed by atoms with Crippen LogP contribution in [0.15, 0.2) is 42.5 Å². The number of ether oxygens (including phenoxy) is 2. The average molecular weight is 313 g/mol. The summed E-state index contributed by atoms with van der Waals surface area (Å²) < 4.78 is 10.8. The fourth-order valence-electron chi connectivity index (χ4n) is 2.52. The lowest BCUT2D eigenvalue weighted by atomic mass is 10.0. The summed E-state index contributed by atoms with van der Waals surface area (Å²) in [5.41, 5.74) is 2.82. The monoisotopic (exact) mass is 313 g/mol. The van der Waals surface area contributed by atoms with Crippen molar-refractivity contribution >= 4 is 5.91 Å². The molecule has 2 aromatic carbocycles. The third-order valence-electron chi connectivity index (χ3n) is 3.73. The molecule has 0 bridgehead atoms. The first-order chi connectivity index (χ1) is 11.1. The van der Waals surface area contributed by atoms with Gasteiger partial charge < -0.3 is 14.8 Å². The second kappa shape index (κ2) is 7.68. The second-order valence-corrected chi connectivity index (χ2v) is 5.35. The van der Waals surface area contributed by atoms with E-state index in [1.807, 2.05) is 45.0 Å². The summed E-state index contributed by atoms with van der Waals surface area (Å²) >= 11 is 0. The van der Waals surface area contributed by atoms with E-state index < -0.39 is 0 Å². The van der Waals surface area contributed by atoms with Gasteiger partial charge in [0.15, 0.2) is 11.5 Å². The van der Waals surface area contributed by atoms with Crippen LogP contribution in [-0.2, 0) is 0 Å². The maximum absolute atomic E-state index is 12.5. The molecule has 0 aliphatic carbocycles. The third kappa shape index (κ3) is 4.03. The fraction of sp³-hybridized carbons (Fsp3) is 0.316. The maximum Gasteiger partial charge on any atom is 0.251 e. The normalized spacial score (nSPS) is 11.7. The Balaban J connectivity index is 2.17. The van der Waals surface area contributed by atoms with E-state index in [9.17, 15) is 4.79 Å². The molecule has 2 aromatic rings. The van der Waals surface area contributed by atoms with Crippen LogP contribution < -0.4 is 14.8 Å². The predicted octanol–water partition coefficient (Wildman–Crippen LogP) is 3.89. The van der Waals surface area contributed by atoms with E-state index in [1.165, 1.54) is 0 Å².